The zero-order valence-electron chi connectivity index (χ0n) is 14.0. The molecule has 5 nitrogen and oxygen atoms in total. The second-order valence-corrected chi connectivity index (χ2v) is 5.31. The lowest BCUT2D eigenvalue weighted by atomic mass is 10.1. The van der Waals surface area contributed by atoms with E-state index in [0.29, 0.717) is 11.3 Å². The molecule has 0 aromatic heterocycles. The molecule has 0 fully saturated rings. The Morgan fingerprint density at radius 1 is 1.08 bits per heavy atom. The summed E-state index contributed by atoms with van der Waals surface area (Å²) >= 11 is 0. The molecule has 0 saturated carbocycles. The second-order valence-electron chi connectivity index (χ2n) is 5.31. The van der Waals surface area contributed by atoms with Crippen molar-refractivity contribution in [1.29, 1.82) is 0 Å². The van der Waals surface area contributed by atoms with E-state index >= 15 is 0 Å². The highest BCUT2D eigenvalue weighted by Gasteiger charge is 2.11. The number of carbonyl (C=O) groups excluding carboxylic acids is 2. The topological polar surface area (TPSA) is 67.4 Å². The van der Waals surface area contributed by atoms with Crippen molar-refractivity contribution >= 4 is 17.5 Å². The fraction of sp³-hybridized carbons (Fsp3) is 0.263. The van der Waals surface area contributed by atoms with Gasteiger partial charge >= 0.3 is 0 Å². The molecule has 2 aromatic rings. The molecule has 5 heteroatoms. The normalized spacial score (nSPS) is 10.1. The Morgan fingerprint density at radius 2 is 1.88 bits per heavy atom. The SMILES string of the molecule is CCc1cccc(NC(=O)CCNC(=O)c2ccccc2OC)c1. The van der Waals surface area contributed by atoms with Gasteiger partial charge in [0.1, 0.15) is 5.75 Å². The Labute approximate surface area is 142 Å². The summed E-state index contributed by atoms with van der Waals surface area (Å²) in [5.41, 5.74) is 2.39. The number of methoxy groups -OCH3 is 1. The lowest BCUT2D eigenvalue weighted by Crippen LogP contribution is -2.28. The number of amides is 2. The van der Waals surface area contributed by atoms with Crippen molar-refractivity contribution in [1.82, 2.24) is 5.32 Å². The molecule has 2 amide bonds. The van der Waals surface area contributed by atoms with Crippen molar-refractivity contribution in [3.05, 3.63) is 59.7 Å². The van der Waals surface area contributed by atoms with Crippen molar-refractivity contribution in [2.75, 3.05) is 19.0 Å². The molecule has 0 bridgehead atoms. The molecular formula is C19H22N2O3. The first-order chi connectivity index (χ1) is 11.6. The first-order valence-corrected chi connectivity index (χ1v) is 7.94. The van der Waals surface area contributed by atoms with Gasteiger partial charge in [0.2, 0.25) is 5.91 Å². The van der Waals surface area contributed by atoms with Crippen LogP contribution in [-0.4, -0.2) is 25.5 Å². The maximum atomic E-state index is 12.1. The van der Waals surface area contributed by atoms with Crippen LogP contribution in [0.5, 0.6) is 5.75 Å². The number of hydrogen-bond acceptors (Lipinski definition) is 3. The average molecular weight is 326 g/mol. The Balaban J connectivity index is 1.82. The van der Waals surface area contributed by atoms with Gasteiger partial charge in [-0.25, -0.2) is 0 Å². The molecule has 0 aliphatic carbocycles. The van der Waals surface area contributed by atoms with Crippen molar-refractivity contribution in [3.63, 3.8) is 0 Å². The number of para-hydroxylation sites is 1. The molecule has 0 unspecified atom stereocenters. The van der Waals surface area contributed by atoms with Crippen molar-refractivity contribution in [2.24, 2.45) is 0 Å². The summed E-state index contributed by atoms with van der Waals surface area (Å²) in [5, 5.41) is 5.57. The Morgan fingerprint density at radius 3 is 2.62 bits per heavy atom. The number of ether oxygens (including phenoxy) is 1. The molecule has 0 atom stereocenters. The molecule has 2 rings (SSSR count). The maximum Gasteiger partial charge on any atom is 0.255 e. The number of carbonyl (C=O) groups is 2. The summed E-state index contributed by atoms with van der Waals surface area (Å²) in [6.07, 6.45) is 1.12. The number of nitrogens with one attached hydrogen (secondary N) is 2. The fourth-order valence-electron chi connectivity index (χ4n) is 2.31. The summed E-state index contributed by atoms with van der Waals surface area (Å²) in [4.78, 5) is 24.1. The minimum absolute atomic E-state index is 0.136. The molecule has 2 aromatic carbocycles. The minimum atomic E-state index is -0.256. The standard InChI is InChI=1S/C19H22N2O3/c1-3-14-7-6-8-15(13-14)21-18(22)11-12-20-19(23)16-9-4-5-10-17(16)24-2/h4-10,13H,3,11-12H2,1-2H3,(H,20,23)(H,21,22). The van der Waals surface area contributed by atoms with E-state index in [0.717, 1.165) is 17.7 Å². The van der Waals surface area contributed by atoms with Crippen molar-refractivity contribution in [3.8, 4) is 5.75 Å². The van der Waals surface area contributed by atoms with Gasteiger partial charge in [-0.3, -0.25) is 9.59 Å². The smallest absolute Gasteiger partial charge is 0.255 e. The molecule has 0 spiro atoms. The third kappa shape index (κ3) is 4.84. The van der Waals surface area contributed by atoms with Crippen LogP contribution >= 0.6 is 0 Å². The largest absolute Gasteiger partial charge is 0.496 e. The van der Waals surface area contributed by atoms with Crippen LogP contribution in [0.4, 0.5) is 5.69 Å². The van der Waals surface area contributed by atoms with Gasteiger partial charge in [-0.05, 0) is 36.2 Å². The van der Waals surface area contributed by atoms with Gasteiger partial charge in [0.25, 0.3) is 5.91 Å². The van der Waals surface area contributed by atoms with E-state index in [-0.39, 0.29) is 24.8 Å². The van der Waals surface area contributed by atoms with E-state index in [1.807, 2.05) is 24.3 Å². The third-order valence-electron chi connectivity index (χ3n) is 3.61. The first-order valence-electron chi connectivity index (χ1n) is 7.94. The van der Waals surface area contributed by atoms with Crippen LogP contribution in [0.15, 0.2) is 48.5 Å². The zero-order chi connectivity index (χ0) is 17.4. The lowest BCUT2D eigenvalue weighted by Gasteiger charge is -2.09. The van der Waals surface area contributed by atoms with E-state index in [4.69, 9.17) is 4.74 Å². The van der Waals surface area contributed by atoms with Crippen LogP contribution in [0, 0.1) is 0 Å². The fourth-order valence-corrected chi connectivity index (χ4v) is 2.31. The number of benzene rings is 2. The monoisotopic (exact) mass is 326 g/mol. The van der Waals surface area contributed by atoms with E-state index < -0.39 is 0 Å². The van der Waals surface area contributed by atoms with E-state index in [9.17, 15) is 9.59 Å². The Hall–Kier alpha value is -2.82. The van der Waals surface area contributed by atoms with Crippen molar-refractivity contribution in [2.45, 2.75) is 19.8 Å². The molecule has 0 aliphatic heterocycles. The van der Waals surface area contributed by atoms with Gasteiger partial charge < -0.3 is 15.4 Å². The van der Waals surface area contributed by atoms with Crippen molar-refractivity contribution < 1.29 is 14.3 Å². The van der Waals surface area contributed by atoms with Crippen LogP contribution in [0.2, 0.25) is 0 Å². The molecule has 0 saturated heterocycles. The predicted molar refractivity (Wildman–Crippen MR) is 94.4 cm³/mol. The third-order valence-corrected chi connectivity index (χ3v) is 3.61. The molecule has 0 radical (unpaired) electrons. The number of hydrogen-bond donors (Lipinski definition) is 2. The van der Waals surface area contributed by atoms with E-state index in [2.05, 4.69) is 17.6 Å². The van der Waals surface area contributed by atoms with Gasteiger partial charge in [-0.15, -0.1) is 0 Å². The number of rotatable bonds is 7. The van der Waals surface area contributed by atoms with E-state index in [1.165, 1.54) is 7.11 Å². The Bertz CT molecular complexity index is 713. The second kappa shape index (κ2) is 8.72. The molecule has 0 heterocycles. The van der Waals surface area contributed by atoms with Crippen LogP contribution in [0.1, 0.15) is 29.3 Å². The van der Waals surface area contributed by atoms with Gasteiger partial charge in [0, 0.05) is 18.7 Å². The maximum absolute atomic E-state index is 12.1. The summed E-state index contributed by atoms with van der Waals surface area (Å²) < 4.78 is 5.15. The predicted octanol–water partition coefficient (Wildman–Crippen LogP) is 3.02. The molecule has 126 valence electrons. The molecule has 0 aliphatic rings. The molecule has 2 N–H and O–H groups in total. The van der Waals surface area contributed by atoms with Gasteiger partial charge in [-0.2, -0.15) is 0 Å². The molecular weight excluding hydrogens is 304 g/mol. The van der Waals surface area contributed by atoms with Crippen LogP contribution in [0.3, 0.4) is 0 Å². The average Bonchev–Trinajstić information content (AvgIpc) is 2.61. The Kier molecular flexibility index (Phi) is 6.37. The number of aryl methyl sites for hydroxylation is 1. The zero-order valence-corrected chi connectivity index (χ0v) is 14.0. The highest BCUT2D eigenvalue weighted by molar-refractivity contribution is 5.97. The minimum Gasteiger partial charge on any atom is -0.496 e. The van der Waals surface area contributed by atoms with Gasteiger partial charge in [0.15, 0.2) is 0 Å². The number of anilines is 1. The van der Waals surface area contributed by atoms with Crippen LogP contribution < -0.4 is 15.4 Å². The highest BCUT2D eigenvalue weighted by Crippen LogP contribution is 2.16. The van der Waals surface area contributed by atoms with E-state index in [1.54, 1.807) is 24.3 Å². The summed E-state index contributed by atoms with van der Waals surface area (Å²) in [6, 6.07) is 14.7. The van der Waals surface area contributed by atoms with Gasteiger partial charge in [0.05, 0.1) is 12.7 Å². The molecule has 24 heavy (non-hydrogen) atoms. The summed E-state index contributed by atoms with van der Waals surface area (Å²) in [7, 11) is 1.52. The first kappa shape index (κ1) is 17.5. The van der Waals surface area contributed by atoms with Crippen LogP contribution in [0.25, 0.3) is 0 Å². The summed E-state index contributed by atoms with van der Waals surface area (Å²) in [5.74, 6) is 0.118. The highest BCUT2D eigenvalue weighted by atomic mass is 16.5. The lowest BCUT2D eigenvalue weighted by molar-refractivity contribution is -0.116. The summed E-state index contributed by atoms with van der Waals surface area (Å²) in [6.45, 7) is 2.32. The van der Waals surface area contributed by atoms with Gasteiger partial charge in [-0.1, -0.05) is 31.2 Å². The quantitative estimate of drug-likeness (QED) is 0.822. The van der Waals surface area contributed by atoms with Crippen LogP contribution in [-0.2, 0) is 11.2 Å².